The molecule has 0 amide bonds. The number of rotatable bonds is 7. The van der Waals surface area contributed by atoms with Crippen LogP contribution in [0.4, 0.5) is 0 Å². The van der Waals surface area contributed by atoms with E-state index in [1.54, 1.807) is 0 Å². The molecule has 1 aliphatic carbocycles. The van der Waals surface area contributed by atoms with Crippen molar-refractivity contribution in [2.24, 2.45) is 10.9 Å². The Morgan fingerprint density at radius 1 is 0.638 bits per heavy atom. The molecule has 8 heteroatoms. The Hall–Kier alpha value is -6.60. The molecule has 1 aromatic heterocycles. The molecule has 3 heterocycles. The summed E-state index contributed by atoms with van der Waals surface area (Å²) in [7, 11) is 2.12. The van der Waals surface area contributed by atoms with Gasteiger partial charge in [-0.3, -0.25) is 20.9 Å². The van der Waals surface area contributed by atoms with Crippen LogP contribution in [0.3, 0.4) is 0 Å². The van der Waals surface area contributed by atoms with E-state index in [2.05, 4.69) is 155 Å². The summed E-state index contributed by atoms with van der Waals surface area (Å²) in [6.45, 7) is 0. The van der Waals surface area contributed by atoms with Crippen LogP contribution in [-0.4, -0.2) is 30.1 Å². The number of allylic oxidation sites excluding steroid dienone is 1. The van der Waals surface area contributed by atoms with Crippen LogP contribution in [0.25, 0.3) is 27.5 Å². The number of fused-ring (bicyclic) bond motifs is 3. The number of amidine groups is 1. The van der Waals surface area contributed by atoms with Crippen molar-refractivity contribution >= 4 is 33.3 Å². The Labute approximate surface area is 338 Å². The number of para-hydroxylation sites is 1. The van der Waals surface area contributed by atoms with E-state index >= 15 is 0 Å². The highest BCUT2D eigenvalue weighted by Gasteiger charge is 2.42. The molecule has 7 aromatic rings. The molecule has 58 heavy (non-hydrogen) atoms. The van der Waals surface area contributed by atoms with Gasteiger partial charge in [0, 0.05) is 27.8 Å². The number of aliphatic imine (C=N–C) groups is 1. The van der Waals surface area contributed by atoms with E-state index in [1.807, 2.05) is 54.6 Å². The van der Waals surface area contributed by atoms with Crippen molar-refractivity contribution in [2.45, 2.75) is 37.2 Å². The molecule has 0 spiro atoms. The van der Waals surface area contributed by atoms with Gasteiger partial charge in [-0.1, -0.05) is 158 Å². The smallest absolute Gasteiger partial charge is 0.136 e. The Kier molecular flexibility index (Phi) is 9.50. The summed E-state index contributed by atoms with van der Waals surface area (Å²) < 4.78 is 6.42. The number of hydrogen-bond donors (Lipinski definition) is 4. The summed E-state index contributed by atoms with van der Waals surface area (Å²) in [5.74, 6) is 0.546. The van der Waals surface area contributed by atoms with Crippen LogP contribution in [0.1, 0.15) is 52.7 Å². The Bertz CT molecular complexity index is 2670. The van der Waals surface area contributed by atoms with Crippen LogP contribution < -0.4 is 21.3 Å². The van der Waals surface area contributed by atoms with Crippen molar-refractivity contribution in [3.63, 3.8) is 0 Å². The van der Waals surface area contributed by atoms with Crippen molar-refractivity contribution in [2.75, 3.05) is 7.05 Å². The second kappa shape index (κ2) is 15.4. The third-order valence-corrected chi connectivity index (χ3v) is 11.8. The molecule has 284 valence electrons. The summed E-state index contributed by atoms with van der Waals surface area (Å²) in [4.78, 5) is 7.61. The van der Waals surface area contributed by atoms with Crippen LogP contribution in [0.5, 0.6) is 0 Å². The van der Waals surface area contributed by atoms with Crippen LogP contribution in [-0.2, 0) is 0 Å². The largest absolute Gasteiger partial charge is 0.456 e. The predicted molar refractivity (Wildman–Crippen MR) is 231 cm³/mol. The molecule has 0 saturated carbocycles. The Morgan fingerprint density at radius 3 is 1.86 bits per heavy atom. The quantitative estimate of drug-likeness (QED) is 0.129. The lowest BCUT2D eigenvalue weighted by atomic mass is 9.77. The molecule has 8 nitrogen and oxygen atoms in total. The predicted octanol–water partition coefficient (Wildman–Crippen LogP) is 9.32. The number of nitrogens with zero attached hydrogens (tertiary/aromatic N) is 3. The monoisotopic (exact) mass is 757 g/mol. The van der Waals surface area contributed by atoms with Crippen LogP contribution in [0, 0.1) is 17.2 Å². The van der Waals surface area contributed by atoms with Crippen molar-refractivity contribution in [1.29, 1.82) is 5.26 Å². The zero-order valence-electron chi connectivity index (χ0n) is 32.1. The first-order chi connectivity index (χ1) is 28.6. The lowest BCUT2D eigenvalue weighted by Crippen LogP contribution is -2.60. The number of hydrogen-bond acceptors (Lipinski definition) is 8. The SMILES string of the molecule is CN1C(c2ccccc2)N=C(c2ccccc2)NC1C1CC(c2cccc3oc4ccccc4c23)=CC(C2NC(c3ccccc3)NC(c3ccccc3)N2)=C1C#N. The average Bonchev–Trinajstić information content (AvgIpc) is 3.69. The number of nitriles is 1. The maximum absolute atomic E-state index is 11.4. The first kappa shape index (κ1) is 35.8. The molecular weight excluding hydrogens is 715 g/mol. The molecule has 5 unspecified atom stereocenters. The minimum Gasteiger partial charge on any atom is -0.456 e. The van der Waals surface area contributed by atoms with Crippen molar-refractivity contribution in [3.05, 3.63) is 209 Å². The summed E-state index contributed by atoms with van der Waals surface area (Å²) in [5.41, 5.74) is 9.90. The lowest BCUT2D eigenvalue weighted by Gasteiger charge is -2.45. The fraction of sp³-hybridized carbons (Fsp3) is 0.160. The average molecular weight is 758 g/mol. The molecule has 6 aromatic carbocycles. The van der Waals surface area contributed by atoms with Gasteiger partial charge in [0.25, 0.3) is 0 Å². The van der Waals surface area contributed by atoms with Crippen LogP contribution in [0.2, 0.25) is 0 Å². The van der Waals surface area contributed by atoms with Gasteiger partial charge in [-0.05, 0) is 59.0 Å². The van der Waals surface area contributed by atoms with Gasteiger partial charge in [0.2, 0.25) is 0 Å². The summed E-state index contributed by atoms with van der Waals surface area (Å²) in [6, 6.07) is 59.0. The van der Waals surface area contributed by atoms with E-state index in [1.165, 1.54) is 0 Å². The minimum absolute atomic E-state index is 0.196. The maximum atomic E-state index is 11.4. The van der Waals surface area contributed by atoms with Crippen molar-refractivity contribution < 1.29 is 4.42 Å². The fourth-order valence-corrected chi connectivity index (χ4v) is 8.98. The molecule has 2 aliphatic heterocycles. The molecule has 4 N–H and O–H groups in total. The molecule has 1 saturated heterocycles. The highest BCUT2D eigenvalue weighted by molar-refractivity contribution is 6.10. The number of benzene rings is 6. The molecular formula is C50H43N7O. The summed E-state index contributed by atoms with van der Waals surface area (Å²) >= 11 is 0. The van der Waals surface area contributed by atoms with E-state index in [9.17, 15) is 5.26 Å². The topological polar surface area (TPSA) is 101 Å². The normalized spacial score (nSPS) is 23.9. The summed E-state index contributed by atoms with van der Waals surface area (Å²) in [6.07, 6.45) is 1.54. The van der Waals surface area contributed by atoms with Gasteiger partial charge in [0.15, 0.2) is 0 Å². The zero-order chi connectivity index (χ0) is 39.0. The van der Waals surface area contributed by atoms with Gasteiger partial charge < -0.3 is 9.73 Å². The first-order valence-corrected chi connectivity index (χ1v) is 19.9. The number of nitrogens with one attached hydrogen (secondary N) is 4. The number of furan rings is 1. The van der Waals surface area contributed by atoms with Gasteiger partial charge in [0.05, 0.1) is 30.7 Å². The van der Waals surface area contributed by atoms with Crippen molar-refractivity contribution in [1.82, 2.24) is 26.2 Å². The van der Waals surface area contributed by atoms with Gasteiger partial charge in [-0.15, -0.1) is 0 Å². The highest BCUT2D eigenvalue weighted by Crippen LogP contribution is 2.44. The summed E-state index contributed by atoms with van der Waals surface area (Å²) in [5, 5.41) is 29.1. The second-order valence-electron chi connectivity index (χ2n) is 15.2. The molecule has 5 atom stereocenters. The highest BCUT2D eigenvalue weighted by atomic mass is 16.3. The molecule has 0 radical (unpaired) electrons. The van der Waals surface area contributed by atoms with Gasteiger partial charge in [-0.2, -0.15) is 5.26 Å². The van der Waals surface area contributed by atoms with Gasteiger partial charge >= 0.3 is 0 Å². The molecule has 0 bridgehead atoms. The van der Waals surface area contributed by atoms with E-state index in [-0.39, 0.29) is 36.7 Å². The van der Waals surface area contributed by atoms with E-state index in [0.717, 1.165) is 72.3 Å². The van der Waals surface area contributed by atoms with Gasteiger partial charge in [-0.25, -0.2) is 4.99 Å². The zero-order valence-corrected chi connectivity index (χ0v) is 32.1. The molecule has 10 rings (SSSR count). The lowest BCUT2D eigenvalue weighted by molar-refractivity contribution is 0.115. The van der Waals surface area contributed by atoms with E-state index < -0.39 is 0 Å². The fourth-order valence-electron chi connectivity index (χ4n) is 8.98. The molecule has 3 aliphatic rings. The standard InChI is InChI=1S/C50H43N7O/c1-57-49(35-23-12-5-13-24-35)55-47(34-21-10-4-11-22-34)56-50(57)40-30-36(37-26-16-28-43-44(37)38-25-14-15-27-42(38)58-43)29-39(41(40)31-51)48-53-45(32-17-6-2-7-18-32)52-46(54-48)33-19-8-3-9-20-33/h2-29,40,45-46,48-50,52-54H,30H2,1H3,(H,55,56). The Morgan fingerprint density at radius 2 is 1.21 bits per heavy atom. The minimum atomic E-state index is -0.384. The van der Waals surface area contributed by atoms with Crippen LogP contribution >= 0.6 is 0 Å². The maximum Gasteiger partial charge on any atom is 0.136 e. The molecule has 1 fully saturated rings. The van der Waals surface area contributed by atoms with Crippen molar-refractivity contribution in [3.8, 4) is 6.07 Å². The first-order valence-electron chi connectivity index (χ1n) is 19.9. The van der Waals surface area contributed by atoms with E-state index in [0.29, 0.717) is 6.42 Å². The Balaban J connectivity index is 1.15. The van der Waals surface area contributed by atoms with E-state index in [4.69, 9.17) is 9.41 Å². The second-order valence-corrected chi connectivity index (χ2v) is 15.2. The van der Waals surface area contributed by atoms with Gasteiger partial charge in [0.1, 0.15) is 23.2 Å². The third-order valence-electron chi connectivity index (χ3n) is 11.8. The van der Waals surface area contributed by atoms with Crippen LogP contribution in [0.15, 0.2) is 190 Å². The third kappa shape index (κ3) is 6.60.